The number of carbonyl (C=O) groups is 3. The molecule has 1 unspecified atom stereocenters. The lowest BCUT2D eigenvalue weighted by Crippen LogP contribution is -2.37. The molecule has 0 spiro atoms. The highest BCUT2D eigenvalue weighted by molar-refractivity contribution is 6.01. The van der Waals surface area contributed by atoms with Crippen LogP contribution in [0.5, 0.6) is 0 Å². The van der Waals surface area contributed by atoms with E-state index < -0.39 is 17.9 Å². The SMILES string of the molecule is CCCC(=Cc1ccccc1C1C(C(=O)OCC)=C(C)NC(CN(C)C)=C1C(=O)OCC)C(=O)OCC.Cl. The van der Waals surface area contributed by atoms with Crippen LogP contribution in [0.1, 0.15) is 64.5 Å². The van der Waals surface area contributed by atoms with Gasteiger partial charge in [-0.2, -0.15) is 0 Å². The lowest BCUT2D eigenvalue weighted by molar-refractivity contribution is -0.140. The molecule has 210 valence electrons. The molecular weight excluding hydrogens is 508 g/mol. The molecule has 2 rings (SSSR count). The highest BCUT2D eigenvalue weighted by atomic mass is 35.5. The first-order valence-electron chi connectivity index (χ1n) is 12.9. The molecule has 0 fully saturated rings. The Morgan fingerprint density at radius 3 is 2.05 bits per heavy atom. The highest BCUT2D eigenvalue weighted by Crippen LogP contribution is 2.41. The Morgan fingerprint density at radius 1 is 0.921 bits per heavy atom. The Bertz CT molecular complexity index is 1090. The molecule has 1 atom stereocenters. The van der Waals surface area contributed by atoms with Gasteiger partial charge in [-0.25, -0.2) is 14.4 Å². The summed E-state index contributed by atoms with van der Waals surface area (Å²) in [6, 6.07) is 7.46. The van der Waals surface area contributed by atoms with Crippen molar-refractivity contribution in [3.8, 4) is 0 Å². The summed E-state index contributed by atoms with van der Waals surface area (Å²) in [5, 5.41) is 3.27. The van der Waals surface area contributed by atoms with Gasteiger partial charge in [-0.15, -0.1) is 12.4 Å². The van der Waals surface area contributed by atoms with Crippen molar-refractivity contribution in [2.24, 2.45) is 0 Å². The van der Waals surface area contributed by atoms with Crippen LogP contribution in [0, 0.1) is 0 Å². The van der Waals surface area contributed by atoms with Crippen molar-refractivity contribution in [3.05, 3.63) is 63.5 Å². The number of esters is 3. The fourth-order valence-electron chi connectivity index (χ4n) is 4.40. The van der Waals surface area contributed by atoms with Gasteiger partial charge in [-0.3, -0.25) is 0 Å². The molecule has 0 amide bonds. The van der Waals surface area contributed by atoms with E-state index in [1.54, 1.807) is 33.8 Å². The molecule has 0 aliphatic carbocycles. The molecule has 1 heterocycles. The molecule has 0 saturated carbocycles. The highest BCUT2D eigenvalue weighted by Gasteiger charge is 2.39. The van der Waals surface area contributed by atoms with Gasteiger partial charge in [0.15, 0.2) is 0 Å². The summed E-state index contributed by atoms with van der Waals surface area (Å²) in [5.41, 5.74) is 3.87. The number of carbonyl (C=O) groups excluding carboxylic acids is 3. The summed E-state index contributed by atoms with van der Waals surface area (Å²) in [7, 11) is 3.80. The molecule has 0 bridgehead atoms. The third-order valence-electron chi connectivity index (χ3n) is 5.80. The monoisotopic (exact) mass is 548 g/mol. The van der Waals surface area contributed by atoms with Crippen molar-refractivity contribution in [3.63, 3.8) is 0 Å². The number of halogens is 1. The van der Waals surface area contributed by atoms with E-state index in [0.29, 0.717) is 52.2 Å². The maximum Gasteiger partial charge on any atom is 0.336 e. The molecule has 1 aliphatic rings. The van der Waals surface area contributed by atoms with Crippen LogP contribution < -0.4 is 5.32 Å². The smallest absolute Gasteiger partial charge is 0.336 e. The molecule has 0 aromatic heterocycles. The minimum atomic E-state index is -0.758. The third-order valence-corrected chi connectivity index (χ3v) is 5.80. The van der Waals surface area contributed by atoms with E-state index in [1.807, 2.05) is 50.2 Å². The maximum atomic E-state index is 13.4. The first-order valence-corrected chi connectivity index (χ1v) is 12.9. The number of rotatable bonds is 12. The van der Waals surface area contributed by atoms with Crippen LogP contribution in [0.25, 0.3) is 6.08 Å². The summed E-state index contributed by atoms with van der Waals surface area (Å²) in [4.78, 5) is 41.3. The standard InChI is InChI=1S/C29H40N2O6.ClH/c1-8-14-21(27(32)35-9-2)17-20-15-12-13-16-22(20)25-24(28(33)36-10-3)19(5)30-23(18-31(6)7)26(25)29(34)37-11-4;/h12-13,15-17,25,30H,8-11,14,18H2,1-7H3;1H. The molecule has 9 heteroatoms. The van der Waals surface area contributed by atoms with Crippen molar-refractivity contribution in [1.29, 1.82) is 0 Å². The van der Waals surface area contributed by atoms with E-state index in [9.17, 15) is 14.4 Å². The Labute approximate surface area is 232 Å². The lowest BCUT2D eigenvalue weighted by Gasteiger charge is -2.33. The first kappa shape index (κ1) is 32.9. The Morgan fingerprint density at radius 2 is 1.50 bits per heavy atom. The molecule has 0 saturated heterocycles. The van der Waals surface area contributed by atoms with Gasteiger partial charge in [-0.1, -0.05) is 37.6 Å². The number of nitrogens with zero attached hydrogens (tertiary/aromatic N) is 1. The van der Waals surface area contributed by atoms with Crippen LogP contribution in [-0.2, 0) is 28.6 Å². The topological polar surface area (TPSA) is 94.2 Å². The van der Waals surface area contributed by atoms with Crippen molar-refractivity contribution in [1.82, 2.24) is 10.2 Å². The number of hydrogen-bond donors (Lipinski definition) is 1. The predicted octanol–water partition coefficient (Wildman–Crippen LogP) is 4.76. The van der Waals surface area contributed by atoms with Gasteiger partial charge < -0.3 is 24.4 Å². The number of ether oxygens (including phenoxy) is 3. The van der Waals surface area contributed by atoms with Gasteiger partial charge >= 0.3 is 17.9 Å². The van der Waals surface area contributed by atoms with Crippen LogP contribution in [-0.4, -0.2) is 63.3 Å². The quantitative estimate of drug-likeness (QED) is 0.227. The van der Waals surface area contributed by atoms with Crippen molar-refractivity contribution in [2.45, 2.75) is 53.4 Å². The number of allylic oxidation sites excluding steroid dienone is 1. The molecule has 0 radical (unpaired) electrons. The zero-order chi connectivity index (χ0) is 27.5. The molecule has 1 aromatic rings. The Kier molecular flexibility index (Phi) is 13.9. The second kappa shape index (κ2) is 16.0. The maximum absolute atomic E-state index is 13.4. The second-order valence-electron chi connectivity index (χ2n) is 8.94. The summed E-state index contributed by atoms with van der Waals surface area (Å²) in [6.45, 7) is 10.1. The average Bonchev–Trinajstić information content (AvgIpc) is 2.83. The van der Waals surface area contributed by atoms with Crippen molar-refractivity contribution >= 4 is 36.4 Å². The van der Waals surface area contributed by atoms with Crippen molar-refractivity contribution < 1.29 is 28.6 Å². The zero-order valence-electron chi connectivity index (χ0n) is 23.5. The van der Waals surface area contributed by atoms with Gasteiger partial charge in [0, 0.05) is 23.5 Å². The zero-order valence-corrected chi connectivity index (χ0v) is 24.3. The second-order valence-corrected chi connectivity index (χ2v) is 8.94. The van der Waals surface area contributed by atoms with Crippen LogP contribution in [0.4, 0.5) is 0 Å². The van der Waals surface area contributed by atoms with Crippen LogP contribution in [0.3, 0.4) is 0 Å². The van der Waals surface area contributed by atoms with Gasteiger partial charge in [-0.05, 0) is 65.4 Å². The first-order chi connectivity index (χ1) is 17.7. The largest absolute Gasteiger partial charge is 0.463 e. The molecule has 38 heavy (non-hydrogen) atoms. The molecule has 1 N–H and O–H groups in total. The summed E-state index contributed by atoms with van der Waals surface area (Å²) < 4.78 is 16.2. The van der Waals surface area contributed by atoms with Crippen LogP contribution in [0.2, 0.25) is 0 Å². The van der Waals surface area contributed by atoms with Crippen molar-refractivity contribution in [2.75, 3.05) is 40.5 Å². The van der Waals surface area contributed by atoms with Gasteiger partial charge in [0.25, 0.3) is 0 Å². The lowest BCUT2D eigenvalue weighted by atomic mass is 9.78. The van der Waals surface area contributed by atoms with E-state index >= 15 is 0 Å². The third kappa shape index (κ3) is 8.20. The molecular formula is C29H41ClN2O6. The van der Waals surface area contributed by atoms with Gasteiger partial charge in [0.2, 0.25) is 0 Å². The van der Waals surface area contributed by atoms with E-state index in [1.165, 1.54) is 0 Å². The number of hydrogen-bond acceptors (Lipinski definition) is 8. The Balaban J connectivity index is 0.00000722. The average molecular weight is 549 g/mol. The summed E-state index contributed by atoms with van der Waals surface area (Å²) >= 11 is 0. The van der Waals surface area contributed by atoms with E-state index in [4.69, 9.17) is 14.2 Å². The number of benzene rings is 1. The fourth-order valence-corrected chi connectivity index (χ4v) is 4.40. The van der Waals surface area contributed by atoms with Crippen LogP contribution >= 0.6 is 12.4 Å². The Hall–Kier alpha value is -3.10. The van der Waals surface area contributed by atoms with E-state index in [0.717, 1.165) is 6.42 Å². The predicted molar refractivity (Wildman–Crippen MR) is 151 cm³/mol. The summed E-state index contributed by atoms with van der Waals surface area (Å²) in [6.07, 6.45) is 3.09. The van der Waals surface area contributed by atoms with E-state index in [-0.39, 0.29) is 38.2 Å². The molecule has 1 aliphatic heterocycles. The minimum absolute atomic E-state index is 0. The van der Waals surface area contributed by atoms with Gasteiger partial charge in [0.05, 0.1) is 36.9 Å². The van der Waals surface area contributed by atoms with E-state index in [2.05, 4.69) is 5.32 Å². The molecule has 8 nitrogen and oxygen atoms in total. The normalized spacial score (nSPS) is 15.6. The number of likely N-dealkylation sites (N-methyl/N-ethyl adjacent to an activating group) is 1. The number of nitrogens with one attached hydrogen (secondary N) is 1. The molecule has 1 aromatic carbocycles. The van der Waals surface area contributed by atoms with Crippen LogP contribution in [0.15, 0.2) is 52.4 Å². The number of dihydropyridines is 1. The summed E-state index contributed by atoms with van der Waals surface area (Å²) in [5.74, 6) is -2.16. The minimum Gasteiger partial charge on any atom is -0.463 e. The fraction of sp³-hybridized carbons (Fsp3) is 0.483. The van der Waals surface area contributed by atoms with Gasteiger partial charge in [0.1, 0.15) is 0 Å².